The van der Waals surface area contributed by atoms with Crippen molar-refractivity contribution in [2.24, 2.45) is 0 Å². The van der Waals surface area contributed by atoms with Crippen molar-refractivity contribution in [1.82, 2.24) is 0 Å². The number of rotatable bonds is 6. The monoisotopic (exact) mass is 341 g/mol. The summed E-state index contributed by atoms with van der Waals surface area (Å²) in [7, 11) is 0.577. The molecule has 0 aromatic heterocycles. The molecule has 0 fully saturated rings. The van der Waals surface area contributed by atoms with Gasteiger partial charge in [0.25, 0.3) is 0 Å². The Labute approximate surface area is 126 Å². The summed E-state index contributed by atoms with van der Waals surface area (Å²) in [5.74, 6) is -0.595. The van der Waals surface area contributed by atoms with Crippen LogP contribution in [0.5, 0.6) is 0 Å². The third-order valence-corrected chi connectivity index (χ3v) is 4.77. The quantitative estimate of drug-likeness (QED) is 0.629. The van der Waals surface area contributed by atoms with E-state index in [-0.39, 0.29) is 21.9 Å². The van der Waals surface area contributed by atoms with Crippen molar-refractivity contribution in [2.45, 2.75) is 0 Å². The van der Waals surface area contributed by atoms with Gasteiger partial charge in [0.05, 0.1) is 28.4 Å². The van der Waals surface area contributed by atoms with Gasteiger partial charge in [0.2, 0.25) is 0 Å². The predicted molar refractivity (Wildman–Crippen MR) is 77.9 cm³/mol. The zero-order valence-electron chi connectivity index (χ0n) is 11.1. The molecule has 0 amide bonds. The SMILES string of the molecule is COC(=O)c1cc(Cl)c(NCP(=O)(OC)OC)cc1Cl. The molecule has 1 N–H and O–H groups in total. The van der Waals surface area contributed by atoms with E-state index in [1.54, 1.807) is 0 Å². The van der Waals surface area contributed by atoms with Crippen molar-refractivity contribution in [3.8, 4) is 0 Å². The van der Waals surface area contributed by atoms with E-state index in [0.29, 0.717) is 5.69 Å². The Hall–Kier alpha value is -0.780. The van der Waals surface area contributed by atoms with Gasteiger partial charge in [0.1, 0.15) is 6.29 Å². The molecule has 9 heteroatoms. The maximum absolute atomic E-state index is 11.9. The summed E-state index contributed by atoms with van der Waals surface area (Å²) in [5, 5.41) is 3.19. The van der Waals surface area contributed by atoms with E-state index in [2.05, 4.69) is 10.1 Å². The van der Waals surface area contributed by atoms with Crippen LogP contribution in [0, 0.1) is 0 Å². The summed E-state index contributed by atoms with van der Waals surface area (Å²) in [6, 6.07) is 2.80. The first-order valence-electron chi connectivity index (χ1n) is 5.38. The van der Waals surface area contributed by atoms with Crippen molar-refractivity contribution >= 4 is 42.5 Å². The van der Waals surface area contributed by atoms with Crippen LogP contribution in [0.2, 0.25) is 10.0 Å². The molecule has 1 aromatic rings. The van der Waals surface area contributed by atoms with Crippen LogP contribution >= 0.6 is 30.8 Å². The Kier molecular flexibility index (Phi) is 6.30. The molecule has 1 rings (SSSR count). The lowest BCUT2D eigenvalue weighted by Gasteiger charge is -2.16. The van der Waals surface area contributed by atoms with E-state index in [1.807, 2.05) is 0 Å². The van der Waals surface area contributed by atoms with Gasteiger partial charge in [0.15, 0.2) is 0 Å². The minimum Gasteiger partial charge on any atom is -0.465 e. The standard InChI is InChI=1S/C11H14Cl2NO5P/c1-17-11(15)7-4-9(13)10(5-8(7)12)14-6-20(16,18-2)19-3/h4-5,14H,6H2,1-3H3. The second-order valence-electron chi connectivity index (χ2n) is 3.61. The van der Waals surface area contributed by atoms with Gasteiger partial charge in [-0.1, -0.05) is 23.2 Å². The van der Waals surface area contributed by atoms with Gasteiger partial charge in [-0.05, 0) is 12.1 Å². The molecule has 6 nitrogen and oxygen atoms in total. The van der Waals surface area contributed by atoms with Crippen LogP contribution in [-0.2, 0) is 18.3 Å². The van der Waals surface area contributed by atoms with Crippen LogP contribution in [0.3, 0.4) is 0 Å². The molecule has 0 radical (unpaired) electrons. The molecule has 0 saturated carbocycles. The maximum atomic E-state index is 11.9. The van der Waals surface area contributed by atoms with E-state index < -0.39 is 13.6 Å². The first-order chi connectivity index (χ1) is 9.36. The first-order valence-corrected chi connectivity index (χ1v) is 7.87. The molecule has 1 aromatic carbocycles. The third-order valence-electron chi connectivity index (χ3n) is 2.48. The fraction of sp³-hybridized carbons (Fsp3) is 0.364. The lowest BCUT2D eigenvalue weighted by atomic mass is 10.2. The van der Waals surface area contributed by atoms with Crippen molar-refractivity contribution in [3.63, 3.8) is 0 Å². The minimum atomic E-state index is -3.22. The summed E-state index contributed by atoms with van der Waals surface area (Å²) in [5.41, 5.74) is 0.546. The second-order valence-corrected chi connectivity index (χ2v) is 6.70. The van der Waals surface area contributed by atoms with Gasteiger partial charge in [-0.25, -0.2) is 4.79 Å². The molecule has 112 valence electrons. The highest BCUT2D eigenvalue weighted by atomic mass is 35.5. The first kappa shape index (κ1) is 17.3. The minimum absolute atomic E-state index is 0.0897. The van der Waals surface area contributed by atoms with Crippen LogP contribution < -0.4 is 5.32 Å². The lowest BCUT2D eigenvalue weighted by molar-refractivity contribution is 0.0601. The average Bonchev–Trinajstić information content (AvgIpc) is 2.46. The number of carbonyl (C=O) groups is 1. The number of hydrogen-bond acceptors (Lipinski definition) is 6. The van der Waals surface area contributed by atoms with Gasteiger partial charge >= 0.3 is 13.6 Å². The van der Waals surface area contributed by atoms with Crippen LogP contribution in [0.15, 0.2) is 12.1 Å². The number of carbonyl (C=O) groups excluding carboxylic acids is 1. The summed E-state index contributed by atoms with van der Waals surface area (Å²) >= 11 is 12.0. The number of ether oxygens (including phenoxy) is 1. The van der Waals surface area contributed by atoms with Crippen molar-refractivity contribution in [3.05, 3.63) is 27.7 Å². The lowest BCUT2D eigenvalue weighted by Crippen LogP contribution is -2.07. The van der Waals surface area contributed by atoms with Gasteiger partial charge in [-0.15, -0.1) is 0 Å². The van der Waals surface area contributed by atoms with Gasteiger partial charge in [-0.2, -0.15) is 0 Å². The Morgan fingerprint density at radius 3 is 2.30 bits per heavy atom. The fourth-order valence-corrected chi connectivity index (χ4v) is 2.58. The zero-order chi connectivity index (χ0) is 15.3. The second kappa shape index (κ2) is 7.29. The predicted octanol–water partition coefficient (Wildman–Crippen LogP) is 3.64. The number of nitrogens with one attached hydrogen (secondary N) is 1. The molecule has 0 heterocycles. The number of esters is 1. The van der Waals surface area contributed by atoms with E-state index in [1.165, 1.54) is 33.5 Å². The Balaban J connectivity index is 2.96. The van der Waals surface area contributed by atoms with Crippen molar-refractivity contribution in [2.75, 3.05) is 32.9 Å². The highest BCUT2D eigenvalue weighted by molar-refractivity contribution is 7.53. The molecule has 0 atom stereocenters. The van der Waals surface area contributed by atoms with Gasteiger partial charge in [0, 0.05) is 14.2 Å². The highest BCUT2D eigenvalue weighted by Crippen LogP contribution is 2.46. The largest absolute Gasteiger partial charge is 0.465 e. The van der Waals surface area contributed by atoms with Gasteiger partial charge < -0.3 is 19.1 Å². The van der Waals surface area contributed by atoms with Crippen LogP contribution in [-0.4, -0.2) is 33.6 Å². The van der Waals surface area contributed by atoms with E-state index in [9.17, 15) is 9.36 Å². The molecule has 0 saturated heterocycles. The Bertz CT molecular complexity index is 544. The molecule has 20 heavy (non-hydrogen) atoms. The summed E-state index contributed by atoms with van der Waals surface area (Å²) in [6.07, 6.45) is -0.0897. The smallest absolute Gasteiger partial charge is 0.349 e. The molecule has 0 spiro atoms. The molecule has 0 aliphatic heterocycles. The molecule has 0 aliphatic rings. The number of benzene rings is 1. The Morgan fingerprint density at radius 1 is 1.20 bits per heavy atom. The van der Waals surface area contributed by atoms with Crippen molar-refractivity contribution < 1.29 is 23.1 Å². The highest BCUT2D eigenvalue weighted by Gasteiger charge is 2.22. The molecule has 0 aliphatic carbocycles. The van der Waals surface area contributed by atoms with E-state index in [0.717, 1.165) is 0 Å². The number of anilines is 1. The maximum Gasteiger partial charge on any atom is 0.349 e. The average molecular weight is 342 g/mol. The molecule has 0 bridgehead atoms. The third kappa shape index (κ3) is 4.11. The van der Waals surface area contributed by atoms with Gasteiger partial charge in [-0.3, -0.25) is 4.57 Å². The summed E-state index contributed by atoms with van der Waals surface area (Å²) in [6.45, 7) is 0. The zero-order valence-corrected chi connectivity index (χ0v) is 13.5. The van der Waals surface area contributed by atoms with Crippen LogP contribution in [0.25, 0.3) is 0 Å². The van der Waals surface area contributed by atoms with E-state index >= 15 is 0 Å². The molecule has 0 unspecified atom stereocenters. The number of methoxy groups -OCH3 is 1. The summed E-state index contributed by atoms with van der Waals surface area (Å²) in [4.78, 5) is 11.4. The topological polar surface area (TPSA) is 73.9 Å². The van der Waals surface area contributed by atoms with Crippen molar-refractivity contribution in [1.29, 1.82) is 0 Å². The number of hydrogen-bond donors (Lipinski definition) is 1. The molecular formula is C11H14Cl2NO5P. The Morgan fingerprint density at radius 2 is 1.80 bits per heavy atom. The van der Waals surface area contributed by atoms with E-state index in [4.69, 9.17) is 32.2 Å². The summed E-state index contributed by atoms with van der Waals surface area (Å²) < 4.78 is 26.0. The normalized spacial score (nSPS) is 11.2. The van der Waals surface area contributed by atoms with Crippen LogP contribution in [0.4, 0.5) is 5.69 Å². The van der Waals surface area contributed by atoms with Crippen LogP contribution in [0.1, 0.15) is 10.4 Å². The fourth-order valence-electron chi connectivity index (χ4n) is 1.33. The number of halogens is 2. The molecular weight excluding hydrogens is 328 g/mol.